The molecule has 2 aromatic carbocycles. The molecule has 0 aliphatic carbocycles. The van der Waals surface area contributed by atoms with Crippen LogP contribution < -0.4 is 9.47 Å². The van der Waals surface area contributed by atoms with Gasteiger partial charge in [-0.3, -0.25) is 4.79 Å². The van der Waals surface area contributed by atoms with Crippen LogP contribution in [0.15, 0.2) is 48.5 Å². The summed E-state index contributed by atoms with van der Waals surface area (Å²) in [6, 6.07) is 14.8. The van der Waals surface area contributed by atoms with E-state index in [2.05, 4.69) is 0 Å². The predicted octanol–water partition coefficient (Wildman–Crippen LogP) is 4.07. The molecule has 4 heteroatoms. The highest BCUT2D eigenvalue weighted by Crippen LogP contribution is 2.37. The number of methoxy groups -OCH3 is 2. The van der Waals surface area contributed by atoms with Crippen LogP contribution in [0.25, 0.3) is 0 Å². The summed E-state index contributed by atoms with van der Waals surface area (Å²) in [6.07, 6.45) is 0.718. The molecule has 0 aromatic heterocycles. The Balaban J connectivity index is 2.41. The second-order valence-corrected chi connectivity index (χ2v) is 5.38. The smallest absolute Gasteiger partial charge is 0.311 e. The van der Waals surface area contributed by atoms with Crippen molar-refractivity contribution in [2.45, 2.75) is 25.2 Å². The minimum Gasteiger partial charge on any atom is -0.497 e. The quantitative estimate of drug-likeness (QED) is 0.837. The van der Waals surface area contributed by atoms with E-state index in [0.717, 1.165) is 23.3 Å². The van der Waals surface area contributed by atoms with Gasteiger partial charge in [-0.05, 0) is 41.8 Å². The van der Waals surface area contributed by atoms with Gasteiger partial charge in [0, 0.05) is 5.92 Å². The third-order valence-electron chi connectivity index (χ3n) is 4.11. The Morgan fingerprint density at radius 2 is 1.65 bits per heavy atom. The summed E-state index contributed by atoms with van der Waals surface area (Å²) in [5.41, 5.74) is 1.74. The second kappa shape index (κ2) is 7.68. The predicted molar refractivity (Wildman–Crippen MR) is 89.4 cm³/mol. The van der Waals surface area contributed by atoms with Crippen molar-refractivity contribution in [2.24, 2.45) is 0 Å². The minimum atomic E-state index is -0.829. The van der Waals surface area contributed by atoms with Gasteiger partial charge in [0.15, 0.2) is 0 Å². The molecule has 0 fully saturated rings. The number of rotatable bonds is 7. The molecule has 0 bridgehead atoms. The van der Waals surface area contributed by atoms with E-state index in [1.807, 2.05) is 43.3 Å². The first-order chi connectivity index (χ1) is 11.1. The van der Waals surface area contributed by atoms with Crippen LogP contribution in [0.5, 0.6) is 11.5 Å². The van der Waals surface area contributed by atoms with Crippen molar-refractivity contribution in [2.75, 3.05) is 14.2 Å². The zero-order valence-electron chi connectivity index (χ0n) is 13.7. The Labute approximate surface area is 136 Å². The van der Waals surface area contributed by atoms with Gasteiger partial charge in [0.25, 0.3) is 0 Å². The molecule has 0 radical (unpaired) electrons. The van der Waals surface area contributed by atoms with Crippen LogP contribution in [0.2, 0.25) is 0 Å². The number of ether oxygens (including phenoxy) is 2. The van der Waals surface area contributed by atoms with Gasteiger partial charge in [0.05, 0.1) is 20.1 Å². The molecule has 0 aliphatic rings. The average molecular weight is 314 g/mol. The fraction of sp³-hybridized carbons (Fsp3) is 0.316. The van der Waals surface area contributed by atoms with Gasteiger partial charge in [-0.1, -0.05) is 31.2 Å². The molecular formula is C19H22O4. The summed E-state index contributed by atoms with van der Waals surface area (Å²) >= 11 is 0. The van der Waals surface area contributed by atoms with Gasteiger partial charge in [-0.25, -0.2) is 0 Å². The Morgan fingerprint density at radius 3 is 2.17 bits per heavy atom. The second-order valence-electron chi connectivity index (χ2n) is 5.38. The van der Waals surface area contributed by atoms with E-state index in [0.29, 0.717) is 5.75 Å². The molecular weight excluding hydrogens is 292 g/mol. The largest absolute Gasteiger partial charge is 0.497 e. The van der Waals surface area contributed by atoms with E-state index in [9.17, 15) is 9.90 Å². The van der Waals surface area contributed by atoms with Crippen LogP contribution in [-0.2, 0) is 4.79 Å². The lowest BCUT2D eigenvalue weighted by atomic mass is 9.80. The van der Waals surface area contributed by atoms with E-state index < -0.39 is 11.9 Å². The van der Waals surface area contributed by atoms with E-state index in [1.54, 1.807) is 26.4 Å². The Morgan fingerprint density at radius 1 is 1.00 bits per heavy atom. The fourth-order valence-electron chi connectivity index (χ4n) is 2.89. The maximum atomic E-state index is 11.9. The van der Waals surface area contributed by atoms with E-state index in [1.165, 1.54) is 0 Å². The first kappa shape index (κ1) is 16.9. The summed E-state index contributed by atoms with van der Waals surface area (Å²) in [4.78, 5) is 11.9. The van der Waals surface area contributed by atoms with Gasteiger partial charge >= 0.3 is 5.97 Å². The van der Waals surface area contributed by atoms with Crippen LogP contribution in [0.4, 0.5) is 0 Å². The Hall–Kier alpha value is -2.49. The molecule has 2 aromatic rings. The van der Waals surface area contributed by atoms with Crippen molar-refractivity contribution < 1.29 is 19.4 Å². The van der Waals surface area contributed by atoms with Crippen LogP contribution in [0, 0.1) is 0 Å². The van der Waals surface area contributed by atoms with Crippen LogP contribution in [0.1, 0.15) is 36.3 Å². The number of hydrogen-bond donors (Lipinski definition) is 1. The Bertz CT molecular complexity index is 649. The molecule has 0 spiro atoms. The molecule has 0 saturated heterocycles. The SMILES string of the molecule is CC[C@H](c1cccc(OC)c1)[C@H](C(=O)O)c1ccc(OC)cc1. The third-order valence-corrected chi connectivity index (χ3v) is 4.11. The highest BCUT2D eigenvalue weighted by atomic mass is 16.5. The first-order valence-corrected chi connectivity index (χ1v) is 7.61. The summed E-state index contributed by atoms with van der Waals surface area (Å²) in [5, 5.41) is 9.78. The van der Waals surface area contributed by atoms with E-state index in [4.69, 9.17) is 9.47 Å². The molecule has 0 unspecified atom stereocenters. The normalized spacial score (nSPS) is 13.2. The van der Waals surface area contributed by atoms with Gasteiger partial charge in [-0.2, -0.15) is 0 Å². The highest BCUT2D eigenvalue weighted by Gasteiger charge is 2.30. The minimum absolute atomic E-state index is 0.129. The van der Waals surface area contributed by atoms with Gasteiger partial charge in [0.2, 0.25) is 0 Å². The lowest BCUT2D eigenvalue weighted by Crippen LogP contribution is -2.20. The van der Waals surface area contributed by atoms with E-state index in [-0.39, 0.29) is 5.92 Å². The fourth-order valence-corrected chi connectivity index (χ4v) is 2.89. The van der Waals surface area contributed by atoms with E-state index >= 15 is 0 Å². The average Bonchev–Trinajstić information content (AvgIpc) is 2.59. The van der Waals surface area contributed by atoms with Crippen molar-refractivity contribution in [1.29, 1.82) is 0 Å². The van der Waals surface area contributed by atoms with Gasteiger partial charge < -0.3 is 14.6 Å². The maximum Gasteiger partial charge on any atom is 0.311 e. The monoisotopic (exact) mass is 314 g/mol. The third kappa shape index (κ3) is 3.83. The zero-order chi connectivity index (χ0) is 16.8. The number of hydrogen-bond acceptors (Lipinski definition) is 3. The topological polar surface area (TPSA) is 55.8 Å². The van der Waals surface area contributed by atoms with Crippen LogP contribution in [0.3, 0.4) is 0 Å². The molecule has 0 aliphatic heterocycles. The highest BCUT2D eigenvalue weighted by molar-refractivity contribution is 5.77. The molecule has 23 heavy (non-hydrogen) atoms. The van der Waals surface area contributed by atoms with Crippen molar-refractivity contribution in [1.82, 2.24) is 0 Å². The van der Waals surface area contributed by atoms with Crippen LogP contribution in [-0.4, -0.2) is 25.3 Å². The molecule has 0 saturated carbocycles. The lowest BCUT2D eigenvalue weighted by molar-refractivity contribution is -0.139. The number of carboxylic acids is 1. The summed E-state index contributed by atoms with van der Waals surface area (Å²) in [6.45, 7) is 2.00. The number of aliphatic carboxylic acids is 1. The number of carboxylic acid groups (broad SMARTS) is 1. The molecule has 0 amide bonds. The molecule has 4 nitrogen and oxygen atoms in total. The zero-order valence-corrected chi connectivity index (χ0v) is 13.7. The van der Waals surface area contributed by atoms with Crippen molar-refractivity contribution in [3.05, 3.63) is 59.7 Å². The van der Waals surface area contributed by atoms with Crippen molar-refractivity contribution >= 4 is 5.97 Å². The van der Waals surface area contributed by atoms with Crippen molar-refractivity contribution in [3.63, 3.8) is 0 Å². The van der Waals surface area contributed by atoms with Crippen molar-refractivity contribution in [3.8, 4) is 11.5 Å². The first-order valence-electron chi connectivity index (χ1n) is 7.61. The molecule has 1 N–H and O–H groups in total. The van der Waals surface area contributed by atoms with Crippen LogP contribution >= 0.6 is 0 Å². The number of benzene rings is 2. The summed E-state index contributed by atoms with van der Waals surface area (Å²) in [7, 11) is 3.20. The summed E-state index contributed by atoms with van der Waals surface area (Å²) in [5.74, 6) is -0.119. The standard InChI is InChI=1S/C19H22O4/c1-4-17(14-6-5-7-16(12-14)23-3)18(19(20)21)13-8-10-15(22-2)11-9-13/h5-12,17-18H,4H2,1-3H3,(H,20,21)/t17-,18-/m1/s1. The lowest BCUT2D eigenvalue weighted by Gasteiger charge is -2.24. The number of carbonyl (C=O) groups is 1. The Kier molecular flexibility index (Phi) is 5.63. The molecule has 122 valence electrons. The molecule has 2 atom stereocenters. The van der Waals surface area contributed by atoms with Gasteiger partial charge in [-0.15, -0.1) is 0 Å². The molecule has 0 heterocycles. The molecule has 2 rings (SSSR count). The van der Waals surface area contributed by atoms with Gasteiger partial charge in [0.1, 0.15) is 11.5 Å². The maximum absolute atomic E-state index is 11.9. The summed E-state index contributed by atoms with van der Waals surface area (Å²) < 4.78 is 10.4.